The van der Waals surface area contributed by atoms with Crippen LogP contribution < -0.4 is 10.2 Å². The lowest BCUT2D eigenvalue weighted by atomic mass is 10.0. The molecule has 1 fully saturated rings. The number of hydrogen-bond acceptors (Lipinski definition) is 5. The Morgan fingerprint density at radius 1 is 1.15 bits per heavy atom. The molecular weight excluding hydrogens is 464 g/mol. The summed E-state index contributed by atoms with van der Waals surface area (Å²) in [6.45, 7) is 3.58. The van der Waals surface area contributed by atoms with Gasteiger partial charge < -0.3 is 9.52 Å². The number of nitrogens with zero attached hydrogens (tertiary/aromatic N) is 1. The van der Waals surface area contributed by atoms with E-state index in [9.17, 15) is 19.5 Å². The van der Waals surface area contributed by atoms with Gasteiger partial charge in [-0.15, -0.1) is 0 Å². The highest BCUT2D eigenvalue weighted by molar-refractivity contribution is 7.80. The van der Waals surface area contributed by atoms with Crippen LogP contribution >= 0.6 is 23.8 Å². The van der Waals surface area contributed by atoms with E-state index in [4.69, 9.17) is 28.2 Å². The van der Waals surface area contributed by atoms with Crippen molar-refractivity contribution in [2.75, 3.05) is 4.90 Å². The van der Waals surface area contributed by atoms with Crippen LogP contribution in [0, 0.1) is 13.8 Å². The smallest absolute Gasteiger partial charge is 0.335 e. The van der Waals surface area contributed by atoms with E-state index in [1.807, 2.05) is 6.92 Å². The highest BCUT2D eigenvalue weighted by Gasteiger charge is 2.35. The van der Waals surface area contributed by atoms with Crippen LogP contribution in [0.2, 0.25) is 5.02 Å². The second kappa shape index (κ2) is 8.65. The molecule has 0 spiro atoms. The first kappa shape index (κ1) is 22.4. The molecule has 1 aromatic heterocycles. The number of aromatic carboxylic acids is 1. The molecule has 0 saturated carbocycles. The summed E-state index contributed by atoms with van der Waals surface area (Å²) in [7, 11) is 0. The molecule has 166 valence electrons. The number of furan rings is 1. The van der Waals surface area contributed by atoms with Crippen molar-refractivity contribution in [1.29, 1.82) is 0 Å². The molecule has 4 rings (SSSR count). The van der Waals surface area contributed by atoms with Crippen LogP contribution in [0.3, 0.4) is 0 Å². The SMILES string of the molecule is Cc1ccc(C(=O)O)cc1-c1ccc(/C=C2\C(=O)NC(=S)N(c3cccc(Cl)c3C)C2=O)o1. The predicted molar refractivity (Wildman–Crippen MR) is 128 cm³/mol. The van der Waals surface area contributed by atoms with E-state index in [0.717, 1.165) is 5.56 Å². The van der Waals surface area contributed by atoms with Gasteiger partial charge in [0.05, 0.1) is 11.3 Å². The molecule has 1 aliphatic rings. The van der Waals surface area contributed by atoms with Gasteiger partial charge in [-0.25, -0.2) is 4.79 Å². The summed E-state index contributed by atoms with van der Waals surface area (Å²) in [5, 5.41) is 12.2. The molecule has 2 aromatic carbocycles. The number of rotatable bonds is 4. The van der Waals surface area contributed by atoms with Crippen LogP contribution in [-0.4, -0.2) is 28.0 Å². The normalized spacial score (nSPS) is 15.2. The van der Waals surface area contributed by atoms with Crippen LogP contribution in [0.5, 0.6) is 0 Å². The first-order chi connectivity index (χ1) is 15.7. The Labute approximate surface area is 199 Å². The molecule has 1 aliphatic heterocycles. The van der Waals surface area contributed by atoms with Gasteiger partial charge in [-0.3, -0.25) is 19.8 Å². The van der Waals surface area contributed by atoms with Crippen LogP contribution in [0.15, 0.2) is 58.5 Å². The van der Waals surface area contributed by atoms with Gasteiger partial charge in [0.2, 0.25) is 0 Å². The Morgan fingerprint density at radius 2 is 1.91 bits per heavy atom. The maximum Gasteiger partial charge on any atom is 0.335 e. The Balaban J connectivity index is 1.72. The van der Waals surface area contributed by atoms with Crippen molar-refractivity contribution in [2.24, 2.45) is 0 Å². The number of amides is 2. The van der Waals surface area contributed by atoms with Crippen molar-refractivity contribution in [3.8, 4) is 11.3 Å². The minimum absolute atomic E-state index is 0.0474. The molecule has 0 atom stereocenters. The molecule has 2 heterocycles. The van der Waals surface area contributed by atoms with Gasteiger partial charge >= 0.3 is 5.97 Å². The van der Waals surface area contributed by atoms with Gasteiger partial charge in [-0.05, 0) is 79.7 Å². The molecule has 9 heteroatoms. The summed E-state index contributed by atoms with van der Waals surface area (Å²) in [6.07, 6.45) is 1.33. The zero-order chi connectivity index (χ0) is 23.9. The average molecular weight is 481 g/mol. The van der Waals surface area contributed by atoms with Gasteiger partial charge in [0.15, 0.2) is 5.11 Å². The number of anilines is 1. The molecule has 3 aromatic rings. The van der Waals surface area contributed by atoms with E-state index in [1.165, 1.54) is 23.1 Å². The van der Waals surface area contributed by atoms with Crippen molar-refractivity contribution < 1.29 is 23.9 Å². The lowest BCUT2D eigenvalue weighted by Crippen LogP contribution is -2.54. The first-order valence-corrected chi connectivity index (χ1v) is 10.6. The fourth-order valence-corrected chi connectivity index (χ4v) is 3.90. The number of benzene rings is 2. The molecule has 2 amide bonds. The predicted octanol–water partition coefficient (Wildman–Crippen LogP) is 4.75. The quantitative estimate of drug-likeness (QED) is 0.317. The van der Waals surface area contributed by atoms with Crippen LogP contribution in [-0.2, 0) is 9.59 Å². The third-order valence-corrected chi connectivity index (χ3v) is 5.94. The van der Waals surface area contributed by atoms with Crippen molar-refractivity contribution >= 4 is 58.5 Å². The topological polar surface area (TPSA) is 99.8 Å². The van der Waals surface area contributed by atoms with E-state index in [1.54, 1.807) is 43.3 Å². The van der Waals surface area contributed by atoms with Gasteiger partial charge in [0.25, 0.3) is 11.8 Å². The van der Waals surface area contributed by atoms with Gasteiger partial charge in [-0.1, -0.05) is 23.7 Å². The Hall–Kier alpha value is -3.75. The maximum absolute atomic E-state index is 13.2. The lowest BCUT2D eigenvalue weighted by molar-refractivity contribution is -0.122. The Morgan fingerprint density at radius 3 is 2.64 bits per heavy atom. The molecule has 0 radical (unpaired) electrons. The second-order valence-electron chi connectivity index (χ2n) is 7.38. The number of halogens is 1. The monoisotopic (exact) mass is 480 g/mol. The minimum Gasteiger partial charge on any atom is -0.478 e. The number of aryl methyl sites for hydroxylation is 1. The molecule has 0 unspecified atom stereocenters. The van der Waals surface area contributed by atoms with Crippen LogP contribution in [0.1, 0.15) is 27.2 Å². The molecule has 0 bridgehead atoms. The van der Waals surface area contributed by atoms with E-state index < -0.39 is 17.8 Å². The van der Waals surface area contributed by atoms with Crippen molar-refractivity contribution in [1.82, 2.24) is 5.32 Å². The van der Waals surface area contributed by atoms with Crippen LogP contribution in [0.25, 0.3) is 17.4 Å². The third kappa shape index (κ3) is 4.18. The summed E-state index contributed by atoms with van der Waals surface area (Å²) >= 11 is 11.4. The number of thiocarbonyl (C=S) groups is 1. The number of carbonyl (C=O) groups is 3. The highest BCUT2D eigenvalue weighted by Crippen LogP contribution is 2.31. The summed E-state index contributed by atoms with van der Waals surface area (Å²) in [5.41, 5.74) is 2.46. The number of carboxylic acid groups (broad SMARTS) is 1. The maximum atomic E-state index is 13.2. The van der Waals surface area contributed by atoms with E-state index in [-0.39, 0.29) is 22.0 Å². The molecular formula is C24H17ClN2O5S. The molecule has 33 heavy (non-hydrogen) atoms. The van der Waals surface area contributed by atoms with Gasteiger partial charge in [-0.2, -0.15) is 0 Å². The van der Waals surface area contributed by atoms with Crippen molar-refractivity contribution in [2.45, 2.75) is 13.8 Å². The van der Waals surface area contributed by atoms with Gasteiger partial charge in [0.1, 0.15) is 17.1 Å². The number of carbonyl (C=O) groups excluding carboxylic acids is 2. The van der Waals surface area contributed by atoms with Crippen LogP contribution in [0.4, 0.5) is 5.69 Å². The highest BCUT2D eigenvalue weighted by atomic mass is 35.5. The standard InChI is InChI=1S/C24H17ClN2O5S/c1-12-6-7-14(23(30)31)10-16(12)20-9-8-15(32-20)11-17-21(28)26-24(33)27(22(17)29)19-5-3-4-18(25)13(19)2/h3-11H,1-2H3,(H,30,31)(H,26,28,33)/b17-11+. The van der Waals surface area contributed by atoms with E-state index >= 15 is 0 Å². The molecule has 2 N–H and O–H groups in total. The summed E-state index contributed by atoms with van der Waals surface area (Å²) < 4.78 is 5.82. The summed E-state index contributed by atoms with van der Waals surface area (Å²) in [4.78, 5) is 38.3. The molecule has 1 saturated heterocycles. The van der Waals surface area contributed by atoms with E-state index in [2.05, 4.69) is 5.32 Å². The largest absolute Gasteiger partial charge is 0.478 e. The summed E-state index contributed by atoms with van der Waals surface area (Å²) in [5.74, 6) is -1.66. The van der Waals surface area contributed by atoms with Crippen molar-refractivity contribution in [3.05, 3.63) is 81.6 Å². The molecule has 0 aliphatic carbocycles. The lowest BCUT2D eigenvalue weighted by Gasteiger charge is -2.30. The zero-order valence-corrected chi connectivity index (χ0v) is 19.1. The number of hydrogen-bond donors (Lipinski definition) is 2. The fourth-order valence-electron chi connectivity index (χ4n) is 3.45. The number of nitrogens with one attached hydrogen (secondary N) is 1. The second-order valence-corrected chi connectivity index (χ2v) is 8.17. The Kier molecular flexibility index (Phi) is 5.88. The third-order valence-electron chi connectivity index (χ3n) is 5.25. The van der Waals surface area contributed by atoms with Crippen molar-refractivity contribution in [3.63, 3.8) is 0 Å². The summed E-state index contributed by atoms with van der Waals surface area (Å²) in [6, 6.07) is 13.0. The number of carboxylic acids is 1. The minimum atomic E-state index is -1.05. The molecule has 7 nitrogen and oxygen atoms in total. The zero-order valence-electron chi connectivity index (χ0n) is 17.5. The van der Waals surface area contributed by atoms with E-state index in [0.29, 0.717) is 27.6 Å². The fraction of sp³-hybridized carbons (Fsp3) is 0.0833. The average Bonchev–Trinajstić information content (AvgIpc) is 3.22. The Bertz CT molecular complexity index is 1370. The first-order valence-electron chi connectivity index (χ1n) is 9.78. The van der Waals surface area contributed by atoms with Gasteiger partial charge in [0, 0.05) is 10.6 Å².